The van der Waals surface area contributed by atoms with E-state index in [-0.39, 0.29) is 12.5 Å². The van der Waals surface area contributed by atoms with Crippen LogP contribution in [0.3, 0.4) is 0 Å². The number of rotatable bonds is 3. The zero-order valence-electron chi connectivity index (χ0n) is 11.4. The molecule has 1 aromatic carbocycles. The maximum atomic E-state index is 12.4. The van der Waals surface area contributed by atoms with Crippen LogP contribution in [0.25, 0.3) is 0 Å². The molecule has 0 bridgehead atoms. The number of aliphatic hydroxyl groups excluding tert-OH is 1. The van der Waals surface area contributed by atoms with Crippen molar-refractivity contribution < 1.29 is 23.1 Å². The summed E-state index contributed by atoms with van der Waals surface area (Å²) in [5, 5.41) is 12.1. The first-order valence-electron chi connectivity index (χ1n) is 6.72. The fourth-order valence-corrected chi connectivity index (χ4v) is 2.32. The summed E-state index contributed by atoms with van der Waals surface area (Å²) in [7, 11) is 0. The van der Waals surface area contributed by atoms with Gasteiger partial charge in [-0.05, 0) is 43.7 Å². The Balaban J connectivity index is 1.87. The molecule has 2 rings (SSSR count). The van der Waals surface area contributed by atoms with E-state index >= 15 is 0 Å². The molecule has 0 unspecified atom stereocenters. The number of carbonyl (C=O) groups excluding carboxylic acids is 1. The van der Waals surface area contributed by atoms with Crippen LogP contribution in [0.15, 0.2) is 24.3 Å². The van der Waals surface area contributed by atoms with E-state index in [1.807, 2.05) is 4.90 Å². The third kappa shape index (κ3) is 4.71. The standard InChI is InChI=1S/C14H17F3N2O2/c15-14(16,17)10-3-5-11(6-4-10)18-13(21)9-19-7-1-2-12(20)8-19/h3-6,12,20H,1-2,7-9H2,(H,18,21)/t12-/m1/s1. The fourth-order valence-electron chi connectivity index (χ4n) is 2.32. The third-order valence-electron chi connectivity index (χ3n) is 3.34. The van der Waals surface area contributed by atoms with Crippen LogP contribution in [0.5, 0.6) is 0 Å². The van der Waals surface area contributed by atoms with Gasteiger partial charge in [-0.1, -0.05) is 0 Å². The first kappa shape index (κ1) is 15.8. The van der Waals surface area contributed by atoms with Gasteiger partial charge in [0.15, 0.2) is 0 Å². The van der Waals surface area contributed by atoms with Gasteiger partial charge in [0.1, 0.15) is 0 Å². The first-order valence-corrected chi connectivity index (χ1v) is 6.72. The van der Waals surface area contributed by atoms with Crippen LogP contribution in [0.2, 0.25) is 0 Å². The summed E-state index contributed by atoms with van der Waals surface area (Å²) in [4.78, 5) is 13.6. The van der Waals surface area contributed by atoms with E-state index in [0.29, 0.717) is 12.2 Å². The predicted molar refractivity (Wildman–Crippen MR) is 71.8 cm³/mol. The highest BCUT2D eigenvalue weighted by atomic mass is 19.4. The molecule has 1 atom stereocenters. The highest BCUT2D eigenvalue weighted by molar-refractivity contribution is 5.92. The van der Waals surface area contributed by atoms with E-state index in [1.54, 1.807) is 0 Å². The van der Waals surface area contributed by atoms with Crippen LogP contribution >= 0.6 is 0 Å². The Hall–Kier alpha value is -1.60. The average molecular weight is 302 g/mol. The second-order valence-corrected chi connectivity index (χ2v) is 5.15. The Morgan fingerprint density at radius 1 is 1.33 bits per heavy atom. The monoisotopic (exact) mass is 302 g/mol. The lowest BCUT2D eigenvalue weighted by Gasteiger charge is -2.29. The van der Waals surface area contributed by atoms with Crippen LogP contribution in [0, 0.1) is 0 Å². The molecule has 0 radical (unpaired) electrons. The third-order valence-corrected chi connectivity index (χ3v) is 3.34. The van der Waals surface area contributed by atoms with Gasteiger partial charge in [0.25, 0.3) is 0 Å². The molecule has 2 N–H and O–H groups in total. The molecular weight excluding hydrogens is 285 g/mol. The zero-order chi connectivity index (χ0) is 15.5. The molecular formula is C14H17F3N2O2. The van der Waals surface area contributed by atoms with Crippen molar-refractivity contribution in [2.45, 2.75) is 25.1 Å². The predicted octanol–water partition coefficient (Wildman–Crippen LogP) is 2.10. The number of nitrogens with one attached hydrogen (secondary N) is 1. The number of likely N-dealkylation sites (tertiary alicyclic amines) is 1. The number of hydrogen-bond acceptors (Lipinski definition) is 3. The van der Waals surface area contributed by atoms with Crippen molar-refractivity contribution in [2.75, 3.05) is 25.0 Å². The van der Waals surface area contributed by atoms with E-state index in [1.165, 1.54) is 12.1 Å². The van der Waals surface area contributed by atoms with Gasteiger partial charge in [0.05, 0.1) is 18.2 Å². The van der Waals surface area contributed by atoms with E-state index in [2.05, 4.69) is 5.32 Å². The Morgan fingerprint density at radius 2 is 2.00 bits per heavy atom. The summed E-state index contributed by atoms with van der Waals surface area (Å²) < 4.78 is 37.2. The second kappa shape index (κ2) is 6.44. The summed E-state index contributed by atoms with van der Waals surface area (Å²) in [6.07, 6.45) is -3.24. The van der Waals surface area contributed by atoms with E-state index in [0.717, 1.165) is 31.5 Å². The minimum Gasteiger partial charge on any atom is -0.392 e. The van der Waals surface area contributed by atoms with Gasteiger partial charge in [0, 0.05) is 12.2 Å². The van der Waals surface area contributed by atoms with Crippen molar-refractivity contribution in [3.63, 3.8) is 0 Å². The molecule has 7 heteroatoms. The minimum atomic E-state index is -4.38. The smallest absolute Gasteiger partial charge is 0.392 e. The lowest BCUT2D eigenvalue weighted by molar-refractivity contribution is -0.137. The second-order valence-electron chi connectivity index (χ2n) is 5.15. The Bertz CT molecular complexity index is 488. The molecule has 0 aromatic heterocycles. The number of hydrogen-bond donors (Lipinski definition) is 2. The number of amides is 1. The van der Waals surface area contributed by atoms with Crippen LogP contribution in [-0.2, 0) is 11.0 Å². The van der Waals surface area contributed by atoms with Gasteiger partial charge in [0.2, 0.25) is 5.91 Å². The molecule has 0 spiro atoms. The van der Waals surface area contributed by atoms with Crippen molar-refractivity contribution in [3.05, 3.63) is 29.8 Å². The number of benzene rings is 1. The highest BCUT2D eigenvalue weighted by Gasteiger charge is 2.30. The molecule has 1 aliphatic rings. The van der Waals surface area contributed by atoms with Gasteiger partial charge in [-0.25, -0.2) is 0 Å². The number of anilines is 1. The number of aliphatic hydroxyl groups is 1. The van der Waals surface area contributed by atoms with Crippen LogP contribution in [0.1, 0.15) is 18.4 Å². The average Bonchev–Trinajstić information content (AvgIpc) is 2.38. The fraction of sp³-hybridized carbons (Fsp3) is 0.500. The van der Waals surface area contributed by atoms with Gasteiger partial charge in [-0.2, -0.15) is 13.2 Å². The summed E-state index contributed by atoms with van der Waals surface area (Å²) >= 11 is 0. The molecule has 1 aromatic rings. The molecule has 21 heavy (non-hydrogen) atoms. The van der Waals surface area contributed by atoms with E-state index < -0.39 is 17.8 Å². The lowest BCUT2D eigenvalue weighted by Crippen LogP contribution is -2.42. The number of alkyl halides is 3. The highest BCUT2D eigenvalue weighted by Crippen LogP contribution is 2.29. The lowest BCUT2D eigenvalue weighted by atomic mass is 10.1. The Labute approximate surface area is 120 Å². The number of carbonyl (C=O) groups is 1. The van der Waals surface area contributed by atoms with Crippen molar-refractivity contribution >= 4 is 11.6 Å². The molecule has 1 fully saturated rings. The van der Waals surface area contributed by atoms with Crippen molar-refractivity contribution in [3.8, 4) is 0 Å². The van der Waals surface area contributed by atoms with Gasteiger partial charge >= 0.3 is 6.18 Å². The van der Waals surface area contributed by atoms with Crippen LogP contribution in [-0.4, -0.2) is 41.7 Å². The SMILES string of the molecule is O=C(CN1CCC[C@@H](O)C1)Nc1ccc(C(F)(F)F)cc1. The quantitative estimate of drug-likeness (QED) is 0.899. The molecule has 0 aliphatic carbocycles. The summed E-state index contributed by atoms with van der Waals surface area (Å²) in [5.41, 5.74) is -0.426. The van der Waals surface area contributed by atoms with Crippen LogP contribution < -0.4 is 5.32 Å². The molecule has 4 nitrogen and oxygen atoms in total. The molecule has 1 saturated heterocycles. The minimum absolute atomic E-state index is 0.123. The summed E-state index contributed by atoms with van der Waals surface area (Å²) in [6, 6.07) is 4.32. The van der Waals surface area contributed by atoms with Crippen molar-refractivity contribution in [2.24, 2.45) is 0 Å². The number of halogens is 3. The molecule has 1 amide bonds. The van der Waals surface area contributed by atoms with Gasteiger partial charge in [-0.3, -0.25) is 9.69 Å². The maximum Gasteiger partial charge on any atom is 0.416 e. The van der Waals surface area contributed by atoms with Gasteiger partial charge in [-0.15, -0.1) is 0 Å². The van der Waals surface area contributed by atoms with Gasteiger partial charge < -0.3 is 10.4 Å². The maximum absolute atomic E-state index is 12.4. The topological polar surface area (TPSA) is 52.6 Å². The Morgan fingerprint density at radius 3 is 2.57 bits per heavy atom. The first-order chi connectivity index (χ1) is 9.84. The Kier molecular flexibility index (Phi) is 4.84. The van der Waals surface area contributed by atoms with E-state index in [9.17, 15) is 23.1 Å². The number of β-amino-alcohol motifs (C(OH)–C–C–N with tert-alkyl or cyclic N) is 1. The summed E-state index contributed by atoms with van der Waals surface area (Å²) in [6.45, 7) is 1.30. The van der Waals surface area contributed by atoms with Crippen molar-refractivity contribution in [1.82, 2.24) is 4.90 Å². The summed E-state index contributed by atoms with van der Waals surface area (Å²) in [5.74, 6) is -0.302. The number of nitrogens with zero attached hydrogens (tertiary/aromatic N) is 1. The van der Waals surface area contributed by atoms with Crippen LogP contribution in [0.4, 0.5) is 18.9 Å². The molecule has 116 valence electrons. The normalized spacial score (nSPS) is 20.3. The number of piperidine rings is 1. The molecule has 0 saturated carbocycles. The zero-order valence-corrected chi connectivity index (χ0v) is 11.4. The van der Waals surface area contributed by atoms with E-state index in [4.69, 9.17) is 0 Å². The largest absolute Gasteiger partial charge is 0.416 e. The van der Waals surface area contributed by atoms with Crippen molar-refractivity contribution in [1.29, 1.82) is 0 Å². The molecule has 1 aliphatic heterocycles. The molecule has 1 heterocycles.